The molecule has 0 fully saturated rings. The number of carbonyl (C=O) groups is 3. The smallest absolute Gasteiger partial charge is 0.253 e. The summed E-state index contributed by atoms with van der Waals surface area (Å²) in [7, 11) is 0. The minimum Gasteiger partial charge on any atom is -0.354 e. The summed E-state index contributed by atoms with van der Waals surface area (Å²) in [6, 6.07) is 0. The number of imide groups is 1. The van der Waals surface area contributed by atoms with Crippen LogP contribution in [0.4, 0.5) is 0 Å². The summed E-state index contributed by atoms with van der Waals surface area (Å²) in [6.45, 7) is 6.77. The van der Waals surface area contributed by atoms with E-state index in [1.807, 2.05) is 0 Å². The normalized spacial score (nSPS) is 15.4. The Morgan fingerprint density at radius 1 is 1.22 bits per heavy atom. The minimum atomic E-state index is -0.316. The Morgan fingerprint density at radius 3 is 2.28 bits per heavy atom. The molecule has 1 aliphatic heterocycles. The van der Waals surface area contributed by atoms with Gasteiger partial charge in [0.25, 0.3) is 11.8 Å². The highest BCUT2D eigenvalue weighted by atomic mass is 16.2. The van der Waals surface area contributed by atoms with Gasteiger partial charge in [0, 0.05) is 31.7 Å². The molecule has 1 aliphatic rings. The van der Waals surface area contributed by atoms with Crippen molar-refractivity contribution in [2.75, 3.05) is 13.1 Å². The van der Waals surface area contributed by atoms with Crippen LogP contribution >= 0.6 is 0 Å². The van der Waals surface area contributed by atoms with E-state index in [1.54, 1.807) is 0 Å². The van der Waals surface area contributed by atoms with Gasteiger partial charge in [0.05, 0.1) is 0 Å². The molecule has 0 unspecified atom stereocenters. The second-order valence-electron chi connectivity index (χ2n) is 5.57. The molecule has 5 nitrogen and oxygen atoms in total. The summed E-state index contributed by atoms with van der Waals surface area (Å²) in [4.78, 5) is 35.1. The fourth-order valence-corrected chi connectivity index (χ4v) is 1.54. The summed E-state index contributed by atoms with van der Waals surface area (Å²) < 4.78 is 0. The number of rotatable bonds is 5. The summed E-state index contributed by atoms with van der Waals surface area (Å²) >= 11 is 0. The maximum absolute atomic E-state index is 11.5. The average Bonchev–Trinajstić information content (AvgIpc) is 2.57. The van der Waals surface area contributed by atoms with Gasteiger partial charge in [-0.1, -0.05) is 20.8 Å². The third kappa shape index (κ3) is 4.69. The van der Waals surface area contributed by atoms with Crippen molar-refractivity contribution in [2.24, 2.45) is 5.41 Å². The number of amides is 3. The zero-order chi connectivity index (χ0) is 13.8. The predicted molar refractivity (Wildman–Crippen MR) is 67.6 cm³/mol. The van der Waals surface area contributed by atoms with E-state index in [1.165, 1.54) is 12.2 Å². The predicted octanol–water partition coefficient (Wildman–Crippen LogP) is 0.854. The molecule has 1 heterocycles. The first kappa shape index (κ1) is 14.4. The third-order valence-electron chi connectivity index (χ3n) is 2.66. The van der Waals surface area contributed by atoms with Gasteiger partial charge in [-0.2, -0.15) is 0 Å². The largest absolute Gasteiger partial charge is 0.354 e. The van der Waals surface area contributed by atoms with Crippen molar-refractivity contribution in [3.63, 3.8) is 0 Å². The Hall–Kier alpha value is -1.65. The highest BCUT2D eigenvalue weighted by molar-refractivity contribution is 6.12. The van der Waals surface area contributed by atoms with E-state index in [9.17, 15) is 14.4 Å². The lowest BCUT2D eigenvalue weighted by atomic mass is 9.90. The molecule has 0 bridgehead atoms. The van der Waals surface area contributed by atoms with Gasteiger partial charge in [-0.05, 0) is 11.8 Å². The molecule has 100 valence electrons. The number of nitrogens with one attached hydrogen (secondary N) is 1. The molecule has 0 saturated carbocycles. The molecule has 0 radical (unpaired) electrons. The molecule has 18 heavy (non-hydrogen) atoms. The van der Waals surface area contributed by atoms with Gasteiger partial charge in [-0.25, -0.2) is 0 Å². The summed E-state index contributed by atoms with van der Waals surface area (Å²) in [5.74, 6) is -0.676. The lowest BCUT2D eigenvalue weighted by Gasteiger charge is -2.18. The van der Waals surface area contributed by atoms with E-state index >= 15 is 0 Å². The van der Waals surface area contributed by atoms with E-state index in [2.05, 4.69) is 26.1 Å². The van der Waals surface area contributed by atoms with E-state index in [-0.39, 0.29) is 29.7 Å². The fourth-order valence-electron chi connectivity index (χ4n) is 1.54. The Kier molecular flexibility index (Phi) is 4.64. The topological polar surface area (TPSA) is 66.5 Å². The Labute approximate surface area is 107 Å². The average molecular weight is 252 g/mol. The van der Waals surface area contributed by atoms with Crippen LogP contribution in [0.3, 0.4) is 0 Å². The molecule has 0 saturated heterocycles. The zero-order valence-corrected chi connectivity index (χ0v) is 11.2. The van der Waals surface area contributed by atoms with Crippen LogP contribution in [0.5, 0.6) is 0 Å². The van der Waals surface area contributed by atoms with Gasteiger partial charge in [-0.3, -0.25) is 19.3 Å². The Bertz CT molecular complexity index is 362. The molecule has 0 atom stereocenters. The van der Waals surface area contributed by atoms with Gasteiger partial charge in [-0.15, -0.1) is 0 Å². The van der Waals surface area contributed by atoms with E-state index < -0.39 is 0 Å². The van der Waals surface area contributed by atoms with Gasteiger partial charge in [0.15, 0.2) is 0 Å². The Morgan fingerprint density at radius 2 is 1.78 bits per heavy atom. The van der Waals surface area contributed by atoms with Crippen molar-refractivity contribution >= 4 is 17.7 Å². The van der Waals surface area contributed by atoms with Crippen LogP contribution in [0.1, 0.15) is 33.6 Å². The van der Waals surface area contributed by atoms with Crippen LogP contribution in [-0.4, -0.2) is 35.7 Å². The number of nitrogens with zero attached hydrogens (tertiary/aromatic N) is 1. The van der Waals surface area contributed by atoms with Crippen molar-refractivity contribution in [3.8, 4) is 0 Å². The first-order valence-corrected chi connectivity index (χ1v) is 6.10. The first-order valence-electron chi connectivity index (χ1n) is 6.10. The molecule has 3 amide bonds. The second kappa shape index (κ2) is 5.80. The lowest BCUT2D eigenvalue weighted by Crippen LogP contribution is -2.38. The molecule has 0 aromatic rings. The van der Waals surface area contributed by atoms with Gasteiger partial charge < -0.3 is 5.32 Å². The summed E-state index contributed by atoms with van der Waals surface area (Å²) in [5.41, 5.74) is 0.127. The fraction of sp³-hybridized carbons (Fsp3) is 0.615. The van der Waals surface area contributed by atoms with Crippen molar-refractivity contribution in [1.29, 1.82) is 0 Å². The number of hydrogen-bond acceptors (Lipinski definition) is 3. The molecule has 1 rings (SSSR count). The van der Waals surface area contributed by atoms with Gasteiger partial charge in [0.1, 0.15) is 0 Å². The van der Waals surface area contributed by atoms with Gasteiger partial charge in [0.2, 0.25) is 5.91 Å². The quantitative estimate of drug-likeness (QED) is 0.738. The van der Waals surface area contributed by atoms with Crippen LogP contribution in [0.15, 0.2) is 12.2 Å². The van der Waals surface area contributed by atoms with Gasteiger partial charge >= 0.3 is 0 Å². The standard InChI is InChI=1S/C13H20N2O3/c1-13(2,3)7-6-10(16)14-8-9-15-11(17)4-5-12(15)18/h4-5H,6-9H2,1-3H3,(H,14,16). The highest BCUT2D eigenvalue weighted by Gasteiger charge is 2.22. The minimum absolute atomic E-state index is 0.0445. The maximum atomic E-state index is 11.5. The molecule has 1 N–H and O–H groups in total. The lowest BCUT2D eigenvalue weighted by molar-refractivity contribution is -0.137. The molecule has 5 heteroatoms. The van der Waals surface area contributed by atoms with Crippen LogP contribution in [0, 0.1) is 5.41 Å². The molecule has 0 aromatic heterocycles. The molecular formula is C13H20N2O3. The summed E-state index contributed by atoms with van der Waals surface area (Å²) in [6.07, 6.45) is 3.75. The van der Waals surface area contributed by atoms with E-state index in [0.29, 0.717) is 13.0 Å². The highest BCUT2D eigenvalue weighted by Crippen LogP contribution is 2.20. The number of hydrogen-bond donors (Lipinski definition) is 1. The maximum Gasteiger partial charge on any atom is 0.253 e. The number of carbonyl (C=O) groups excluding carboxylic acids is 3. The molecular weight excluding hydrogens is 232 g/mol. The SMILES string of the molecule is CC(C)(C)CCC(=O)NCCN1C(=O)C=CC1=O. The van der Waals surface area contributed by atoms with Crippen LogP contribution in [0.2, 0.25) is 0 Å². The monoisotopic (exact) mass is 252 g/mol. The van der Waals surface area contributed by atoms with Crippen LogP contribution < -0.4 is 5.32 Å². The van der Waals surface area contributed by atoms with Crippen molar-refractivity contribution in [1.82, 2.24) is 10.2 Å². The first-order chi connectivity index (χ1) is 8.29. The second-order valence-corrected chi connectivity index (χ2v) is 5.57. The Balaban J connectivity index is 2.20. The van der Waals surface area contributed by atoms with E-state index in [0.717, 1.165) is 11.3 Å². The van der Waals surface area contributed by atoms with Crippen LogP contribution in [-0.2, 0) is 14.4 Å². The molecule has 0 aliphatic carbocycles. The van der Waals surface area contributed by atoms with Crippen molar-refractivity contribution in [2.45, 2.75) is 33.6 Å². The zero-order valence-electron chi connectivity index (χ0n) is 11.2. The van der Waals surface area contributed by atoms with Crippen LogP contribution in [0.25, 0.3) is 0 Å². The van der Waals surface area contributed by atoms with Crippen molar-refractivity contribution < 1.29 is 14.4 Å². The molecule has 0 aromatic carbocycles. The van der Waals surface area contributed by atoms with E-state index in [4.69, 9.17) is 0 Å². The molecule has 0 spiro atoms. The van der Waals surface area contributed by atoms with Crippen molar-refractivity contribution in [3.05, 3.63) is 12.2 Å². The third-order valence-corrected chi connectivity index (χ3v) is 2.66. The summed E-state index contributed by atoms with van der Waals surface area (Å²) in [5, 5.41) is 2.71.